The Hall–Kier alpha value is -3.09. The molecule has 5 nitrogen and oxygen atoms in total. The van der Waals surface area contributed by atoms with E-state index in [2.05, 4.69) is 15.5 Å². The largest absolute Gasteiger partial charge is 0.339 e. The van der Waals surface area contributed by atoms with Gasteiger partial charge in [-0.05, 0) is 37.1 Å². The minimum atomic E-state index is -1.02. The van der Waals surface area contributed by atoms with E-state index in [9.17, 15) is 13.6 Å². The zero-order chi connectivity index (χ0) is 18.1. The average molecular weight is 355 g/mol. The van der Waals surface area contributed by atoms with Gasteiger partial charge in [-0.25, -0.2) is 8.78 Å². The Morgan fingerprint density at radius 1 is 1.12 bits per heavy atom. The lowest BCUT2D eigenvalue weighted by Gasteiger charge is -2.20. The maximum absolute atomic E-state index is 13.3. The maximum atomic E-state index is 13.3. The number of nitrogens with one attached hydrogen (secondary N) is 1. The Kier molecular flexibility index (Phi) is 4.20. The van der Waals surface area contributed by atoms with Crippen LogP contribution in [0.1, 0.15) is 41.4 Å². The first-order valence-corrected chi connectivity index (χ1v) is 8.30. The number of aromatic nitrogens is 2. The highest BCUT2D eigenvalue weighted by molar-refractivity contribution is 6.04. The number of hydrogen-bond acceptors (Lipinski definition) is 4. The van der Waals surface area contributed by atoms with Crippen LogP contribution in [0.25, 0.3) is 11.4 Å². The zero-order valence-electron chi connectivity index (χ0n) is 13.7. The van der Waals surface area contributed by atoms with Gasteiger partial charge in [-0.3, -0.25) is 4.79 Å². The summed E-state index contributed by atoms with van der Waals surface area (Å²) in [6.07, 6.45) is 3.28. The molecule has 1 aliphatic rings. The second-order valence-electron chi connectivity index (χ2n) is 6.25. The minimum absolute atomic E-state index is 0.172. The third-order valence-electron chi connectivity index (χ3n) is 4.46. The van der Waals surface area contributed by atoms with Crippen molar-refractivity contribution in [3.05, 3.63) is 65.6 Å². The van der Waals surface area contributed by atoms with Crippen molar-refractivity contribution in [1.29, 1.82) is 0 Å². The van der Waals surface area contributed by atoms with E-state index in [-0.39, 0.29) is 5.69 Å². The summed E-state index contributed by atoms with van der Waals surface area (Å²) in [5.41, 5.74) is 1.17. The fourth-order valence-electron chi connectivity index (χ4n) is 2.75. The monoisotopic (exact) mass is 355 g/mol. The van der Waals surface area contributed by atoms with Gasteiger partial charge in [-0.2, -0.15) is 4.98 Å². The van der Waals surface area contributed by atoms with E-state index in [1.165, 1.54) is 12.5 Å². The van der Waals surface area contributed by atoms with Crippen LogP contribution in [0.4, 0.5) is 14.5 Å². The Labute approximate surface area is 148 Å². The zero-order valence-corrected chi connectivity index (χ0v) is 13.7. The molecule has 0 atom stereocenters. The molecule has 0 saturated heterocycles. The molecule has 1 N–H and O–H groups in total. The van der Waals surface area contributed by atoms with Crippen molar-refractivity contribution < 1.29 is 18.1 Å². The molecule has 3 aromatic rings. The van der Waals surface area contributed by atoms with E-state index in [1.807, 2.05) is 0 Å². The van der Waals surface area contributed by atoms with Gasteiger partial charge < -0.3 is 9.84 Å². The van der Waals surface area contributed by atoms with Crippen LogP contribution in [0.3, 0.4) is 0 Å². The highest BCUT2D eigenvalue weighted by atomic mass is 19.2. The van der Waals surface area contributed by atoms with Gasteiger partial charge in [0.2, 0.25) is 11.7 Å². The van der Waals surface area contributed by atoms with Gasteiger partial charge in [0, 0.05) is 28.8 Å². The van der Waals surface area contributed by atoms with Crippen LogP contribution in [0.5, 0.6) is 0 Å². The topological polar surface area (TPSA) is 68.0 Å². The van der Waals surface area contributed by atoms with Gasteiger partial charge in [0.15, 0.2) is 11.6 Å². The summed E-state index contributed by atoms with van der Waals surface area (Å²) in [7, 11) is 0. The second-order valence-corrected chi connectivity index (χ2v) is 6.25. The molecule has 1 amide bonds. The summed E-state index contributed by atoms with van der Waals surface area (Å²) in [5.74, 6) is -1.05. The molecule has 132 valence electrons. The molecule has 4 rings (SSSR count). The highest BCUT2D eigenvalue weighted by Gasteiger charge is 2.25. The van der Waals surface area contributed by atoms with Crippen molar-refractivity contribution in [1.82, 2.24) is 10.1 Å². The molecule has 1 heterocycles. The number of carbonyl (C=O) groups excluding carboxylic acids is 1. The molecule has 0 radical (unpaired) electrons. The number of halogens is 2. The Balaban J connectivity index is 1.53. The third-order valence-corrected chi connectivity index (χ3v) is 4.46. The quantitative estimate of drug-likeness (QED) is 0.746. The summed E-state index contributed by atoms with van der Waals surface area (Å²) >= 11 is 0. The Bertz CT molecular complexity index is 967. The molecule has 0 aliphatic heterocycles. The van der Waals surface area contributed by atoms with Gasteiger partial charge in [0.1, 0.15) is 0 Å². The van der Waals surface area contributed by atoms with Gasteiger partial charge in [0.05, 0.1) is 0 Å². The summed E-state index contributed by atoms with van der Waals surface area (Å²) in [6.45, 7) is 0. The molecule has 7 heteroatoms. The maximum Gasteiger partial charge on any atom is 0.255 e. The molecule has 0 unspecified atom stereocenters. The van der Waals surface area contributed by atoms with E-state index >= 15 is 0 Å². The fraction of sp³-hybridized carbons (Fsp3) is 0.211. The SMILES string of the molecule is O=C(Nc1ccc(F)c(F)c1)c1cccc(-c2noc(C3CCC3)n2)c1. The van der Waals surface area contributed by atoms with Gasteiger partial charge in [0.25, 0.3) is 5.91 Å². The third kappa shape index (κ3) is 3.20. The van der Waals surface area contributed by atoms with Crippen LogP contribution in [-0.2, 0) is 0 Å². The van der Waals surface area contributed by atoms with E-state index in [0.29, 0.717) is 28.8 Å². The van der Waals surface area contributed by atoms with Crippen LogP contribution in [0, 0.1) is 11.6 Å². The minimum Gasteiger partial charge on any atom is -0.339 e. The number of amides is 1. The second kappa shape index (κ2) is 6.67. The van der Waals surface area contributed by atoms with Crippen LogP contribution < -0.4 is 5.32 Å². The van der Waals surface area contributed by atoms with Crippen molar-refractivity contribution in [2.75, 3.05) is 5.32 Å². The summed E-state index contributed by atoms with van der Waals surface area (Å²) in [6, 6.07) is 9.92. The molecule has 0 spiro atoms. The summed E-state index contributed by atoms with van der Waals surface area (Å²) in [5, 5.41) is 6.52. The molecule has 1 aromatic heterocycles. The summed E-state index contributed by atoms with van der Waals surface area (Å²) in [4.78, 5) is 16.8. The van der Waals surface area contributed by atoms with Crippen molar-refractivity contribution in [3.8, 4) is 11.4 Å². The van der Waals surface area contributed by atoms with Crippen LogP contribution in [0.15, 0.2) is 47.0 Å². The Morgan fingerprint density at radius 3 is 2.69 bits per heavy atom. The number of rotatable bonds is 4. The number of benzene rings is 2. The lowest BCUT2D eigenvalue weighted by atomic mass is 9.85. The molecule has 1 aliphatic carbocycles. The lowest BCUT2D eigenvalue weighted by molar-refractivity contribution is 0.102. The number of anilines is 1. The predicted octanol–water partition coefficient (Wildman–Crippen LogP) is 4.53. The smallest absolute Gasteiger partial charge is 0.255 e. The predicted molar refractivity (Wildman–Crippen MR) is 90.6 cm³/mol. The Morgan fingerprint density at radius 2 is 1.96 bits per heavy atom. The normalized spacial score (nSPS) is 14.1. The van der Waals surface area contributed by atoms with Crippen molar-refractivity contribution in [2.45, 2.75) is 25.2 Å². The van der Waals surface area contributed by atoms with E-state index in [4.69, 9.17) is 4.52 Å². The van der Waals surface area contributed by atoms with Crippen LogP contribution in [-0.4, -0.2) is 16.0 Å². The summed E-state index contributed by atoms with van der Waals surface area (Å²) < 4.78 is 31.5. The van der Waals surface area contributed by atoms with E-state index in [0.717, 1.165) is 25.0 Å². The van der Waals surface area contributed by atoms with Crippen molar-refractivity contribution >= 4 is 11.6 Å². The van der Waals surface area contributed by atoms with E-state index < -0.39 is 17.5 Å². The highest BCUT2D eigenvalue weighted by Crippen LogP contribution is 2.36. The average Bonchev–Trinajstić information content (AvgIpc) is 3.06. The van der Waals surface area contributed by atoms with Gasteiger partial charge in [-0.15, -0.1) is 0 Å². The lowest BCUT2D eigenvalue weighted by Crippen LogP contribution is -2.12. The number of hydrogen-bond donors (Lipinski definition) is 1. The first-order chi connectivity index (χ1) is 12.6. The first kappa shape index (κ1) is 16.4. The number of carbonyl (C=O) groups is 1. The molecule has 2 aromatic carbocycles. The van der Waals surface area contributed by atoms with E-state index in [1.54, 1.807) is 24.3 Å². The standard InChI is InChI=1S/C19H15F2N3O2/c20-15-8-7-14(10-16(15)21)22-18(25)13-6-2-5-12(9-13)17-23-19(26-24-17)11-3-1-4-11/h2,5-11H,1,3-4H2,(H,22,25). The molecule has 1 fully saturated rings. The molecule has 0 bridgehead atoms. The molecule has 26 heavy (non-hydrogen) atoms. The van der Waals surface area contributed by atoms with Crippen molar-refractivity contribution in [3.63, 3.8) is 0 Å². The first-order valence-electron chi connectivity index (χ1n) is 8.30. The number of nitrogens with zero attached hydrogens (tertiary/aromatic N) is 2. The van der Waals surface area contributed by atoms with Gasteiger partial charge in [-0.1, -0.05) is 23.7 Å². The fourth-order valence-corrected chi connectivity index (χ4v) is 2.75. The van der Waals surface area contributed by atoms with Crippen molar-refractivity contribution in [2.24, 2.45) is 0 Å². The molecular weight excluding hydrogens is 340 g/mol. The van der Waals surface area contributed by atoms with Crippen LogP contribution in [0.2, 0.25) is 0 Å². The molecular formula is C19H15F2N3O2. The van der Waals surface area contributed by atoms with Crippen LogP contribution >= 0.6 is 0 Å². The van der Waals surface area contributed by atoms with Gasteiger partial charge >= 0.3 is 0 Å². The molecule has 1 saturated carbocycles.